The third-order valence-electron chi connectivity index (χ3n) is 7.03. The monoisotopic (exact) mass is 531 g/mol. The highest BCUT2D eigenvalue weighted by molar-refractivity contribution is 6.35. The zero-order valence-electron chi connectivity index (χ0n) is 20.9. The van der Waals surface area contributed by atoms with E-state index in [2.05, 4.69) is 20.5 Å². The van der Waals surface area contributed by atoms with Crippen molar-refractivity contribution in [2.45, 2.75) is 50.9 Å². The zero-order valence-corrected chi connectivity index (χ0v) is 21.7. The highest BCUT2D eigenvalue weighted by Crippen LogP contribution is 2.29. The van der Waals surface area contributed by atoms with E-state index in [-0.39, 0.29) is 29.8 Å². The Balaban J connectivity index is 1.25. The number of methoxy groups -OCH3 is 1. The summed E-state index contributed by atoms with van der Waals surface area (Å²) in [5.74, 6) is -0.436. The minimum Gasteiger partial charge on any atom is -0.382 e. The molecule has 1 fully saturated rings. The molecule has 0 radical (unpaired) electrons. The van der Waals surface area contributed by atoms with Crippen LogP contribution in [0, 0.1) is 5.82 Å². The van der Waals surface area contributed by atoms with Crippen LogP contribution in [0.3, 0.4) is 0 Å². The summed E-state index contributed by atoms with van der Waals surface area (Å²) >= 11 is 6.32. The SMILES string of the molecule is CCn1cc(Cl)c2cc(C(=O)NC3CCc4nc(N5CC(N)C(OCCOC)C5)c(F)cc4C3)nnc21. The Morgan fingerprint density at radius 1 is 1.30 bits per heavy atom. The zero-order chi connectivity index (χ0) is 26.1. The lowest BCUT2D eigenvalue weighted by Gasteiger charge is -2.27. The van der Waals surface area contributed by atoms with E-state index >= 15 is 4.39 Å². The van der Waals surface area contributed by atoms with Crippen molar-refractivity contribution in [3.8, 4) is 0 Å². The molecule has 1 amide bonds. The number of rotatable bonds is 8. The minimum absolute atomic E-state index is 0.168. The number of fused-ring (bicyclic) bond motifs is 2. The van der Waals surface area contributed by atoms with Gasteiger partial charge in [-0.05, 0) is 43.9 Å². The van der Waals surface area contributed by atoms with E-state index in [4.69, 9.17) is 26.8 Å². The molecule has 10 nitrogen and oxygen atoms in total. The maximum atomic E-state index is 15.1. The number of nitrogens with zero attached hydrogens (tertiary/aromatic N) is 5. The number of amides is 1. The Hall–Kier alpha value is -2.86. The fourth-order valence-electron chi connectivity index (χ4n) is 5.05. The number of ether oxygens (including phenoxy) is 2. The van der Waals surface area contributed by atoms with Gasteiger partial charge in [-0.2, -0.15) is 0 Å². The number of carbonyl (C=O) groups is 1. The molecule has 3 aromatic heterocycles. The van der Waals surface area contributed by atoms with Gasteiger partial charge < -0.3 is 30.0 Å². The molecule has 0 spiro atoms. The fraction of sp³-hybridized carbons (Fsp3) is 0.520. The maximum Gasteiger partial charge on any atom is 0.272 e. The largest absolute Gasteiger partial charge is 0.382 e. The van der Waals surface area contributed by atoms with Crippen LogP contribution < -0.4 is 16.0 Å². The van der Waals surface area contributed by atoms with Crippen molar-refractivity contribution in [1.82, 2.24) is 25.1 Å². The molecule has 37 heavy (non-hydrogen) atoms. The molecular weight excluding hydrogens is 501 g/mol. The molecule has 3 aromatic rings. The average molecular weight is 532 g/mol. The molecule has 5 rings (SSSR count). The van der Waals surface area contributed by atoms with Gasteiger partial charge in [-0.15, -0.1) is 10.2 Å². The first-order valence-corrected chi connectivity index (χ1v) is 12.9. The summed E-state index contributed by atoms with van der Waals surface area (Å²) in [6, 6.07) is 2.79. The van der Waals surface area contributed by atoms with E-state index < -0.39 is 5.82 Å². The van der Waals surface area contributed by atoms with E-state index in [0.717, 1.165) is 11.3 Å². The lowest BCUT2D eigenvalue weighted by atomic mass is 9.91. The van der Waals surface area contributed by atoms with Gasteiger partial charge in [-0.3, -0.25) is 4.79 Å². The number of hydrogen-bond acceptors (Lipinski definition) is 8. The number of carbonyl (C=O) groups excluding carboxylic acids is 1. The van der Waals surface area contributed by atoms with Crippen LogP contribution in [0.25, 0.3) is 11.0 Å². The summed E-state index contributed by atoms with van der Waals surface area (Å²) in [7, 11) is 1.61. The molecular formula is C25H31ClFN7O3. The van der Waals surface area contributed by atoms with Crippen LogP contribution in [0.1, 0.15) is 35.1 Å². The Morgan fingerprint density at radius 3 is 2.92 bits per heavy atom. The average Bonchev–Trinajstić information content (AvgIpc) is 3.42. The van der Waals surface area contributed by atoms with Crippen LogP contribution in [-0.4, -0.2) is 77.3 Å². The standard InChI is InChI=1S/C25H31ClFN7O3/c1-3-33-11-17(26)16-10-21(31-32-23(16)33)25(35)29-15-4-5-20-14(8-15)9-18(27)24(30-20)34-12-19(28)22(13-34)37-7-6-36-2/h9-11,15,19,22H,3-8,12-13,28H2,1-2H3,(H,29,35). The number of aromatic nitrogens is 4. The highest BCUT2D eigenvalue weighted by atomic mass is 35.5. The molecule has 198 valence electrons. The third kappa shape index (κ3) is 5.26. The molecule has 4 heterocycles. The number of nitrogens with two attached hydrogens (primary N) is 1. The Kier molecular flexibility index (Phi) is 7.57. The Morgan fingerprint density at radius 2 is 2.14 bits per heavy atom. The van der Waals surface area contributed by atoms with E-state index in [9.17, 15) is 4.79 Å². The lowest BCUT2D eigenvalue weighted by molar-refractivity contribution is 0.0212. The molecule has 1 aliphatic carbocycles. The molecule has 2 aliphatic rings. The molecule has 3 unspecified atom stereocenters. The van der Waals surface area contributed by atoms with Crippen molar-refractivity contribution in [2.75, 3.05) is 38.3 Å². The number of aryl methyl sites for hydroxylation is 2. The predicted molar refractivity (Wildman–Crippen MR) is 137 cm³/mol. The van der Waals surface area contributed by atoms with Crippen molar-refractivity contribution in [2.24, 2.45) is 5.73 Å². The van der Waals surface area contributed by atoms with Crippen LogP contribution in [-0.2, 0) is 28.9 Å². The quantitative estimate of drug-likeness (QED) is 0.424. The Bertz CT molecular complexity index is 1300. The summed E-state index contributed by atoms with van der Waals surface area (Å²) < 4.78 is 27.8. The summed E-state index contributed by atoms with van der Waals surface area (Å²) in [5, 5.41) is 12.5. The number of pyridine rings is 1. The molecule has 1 aliphatic heterocycles. The number of anilines is 1. The minimum atomic E-state index is -0.401. The molecule has 0 bridgehead atoms. The third-order valence-corrected chi connectivity index (χ3v) is 7.33. The molecule has 1 saturated heterocycles. The second kappa shape index (κ2) is 10.9. The van der Waals surface area contributed by atoms with Gasteiger partial charge in [0, 0.05) is 50.1 Å². The maximum absolute atomic E-state index is 15.1. The van der Waals surface area contributed by atoms with Crippen molar-refractivity contribution < 1.29 is 18.7 Å². The molecule has 0 saturated carbocycles. The van der Waals surface area contributed by atoms with Gasteiger partial charge in [-0.1, -0.05) is 11.6 Å². The van der Waals surface area contributed by atoms with E-state index in [0.29, 0.717) is 74.0 Å². The highest BCUT2D eigenvalue weighted by Gasteiger charge is 2.34. The number of halogens is 2. The predicted octanol–water partition coefficient (Wildman–Crippen LogP) is 2.10. The molecule has 3 atom stereocenters. The number of hydrogen-bond donors (Lipinski definition) is 2. The van der Waals surface area contributed by atoms with Crippen LogP contribution >= 0.6 is 11.6 Å². The van der Waals surface area contributed by atoms with Gasteiger partial charge in [-0.25, -0.2) is 9.37 Å². The van der Waals surface area contributed by atoms with Crippen LogP contribution in [0.2, 0.25) is 5.02 Å². The lowest BCUT2D eigenvalue weighted by Crippen LogP contribution is -2.39. The van der Waals surface area contributed by atoms with Crippen LogP contribution in [0.15, 0.2) is 18.3 Å². The first kappa shape index (κ1) is 25.8. The summed E-state index contributed by atoms with van der Waals surface area (Å²) in [4.78, 5) is 19.4. The fourth-order valence-corrected chi connectivity index (χ4v) is 5.31. The van der Waals surface area contributed by atoms with Gasteiger partial charge >= 0.3 is 0 Å². The molecule has 3 N–H and O–H groups in total. The normalized spacial score (nSPS) is 21.4. The Labute approximate surface area is 219 Å². The van der Waals surface area contributed by atoms with Crippen LogP contribution in [0.4, 0.5) is 10.2 Å². The van der Waals surface area contributed by atoms with Crippen molar-refractivity contribution in [3.63, 3.8) is 0 Å². The van der Waals surface area contributed by atoms with E-state index in [1.807, 2.05) is 16.4 Å². The first-order chi connectivity index (χ1) is 17.9. The van der Waals surface area contributed by atoms with E-state index in [1.54, 1.807) is 19.4 Å². The second-order valence-corrected chi connectivity index (χ2v) is 9.92. The number of nitrogens with one attached hydrogen (secondary N) is 1. The summed E-state index contributed by atoms with van der Waals surface area (Å²) in [6.45, 7) is 4.54. The van der Waals surface area contributed by atoms with Crippen LogP contribution in [0.5, 0.6) is 0 Å². The molecule has 12 heteroatoms. The molecule has 0 aromatic carbocycles. The first-order valence-electron chi connectivity index (χ1n) is 12.5. The van der Waals surface area contributed by atoms with E-state index in [1.165, 1.54) is 6.07 Å². The smallest absolute Gasteiger partial charge is 0.272 e. The topological polar surface area (TPSA) is 120 Å². The summed E-state index contributed by atoms with van der Waals surface area (Å²) in [6.07, 6.45) is 3.36. The van der Waals surface area contributed by atoms with Gasteiger partial charge in [0.05, 0.1) is 30.4 Å². The van der Waals surface area contributed by atoms with Crippen molar-refractivity contribution >= 4 is 34.4 Å². The second-order valence-electron chi connectivity index (χ2n) is 9.51. The van der Waals surface area contributed by atoms with Crippen molar-refractivity contribution in [1.29, 1.82) is 0 Å². The van der Waals surface area contributed by atoms with Crippen molar-refractivity contribution in [3.05, 3.63) is 46.1 Å². The summed E-state index contributed by atoms with van der Waals surface area (Å²) in [5.41, 5.74) is 8.69. The van der Waals surface area contributed by atoms with Gasteiger partial charge in [0.1, 0.15) is 0 Å². The van der Waals surface area contributed by atoms with Gasteiger partial charge in [0.25, 0.3) is 5.91 Å². The van der Waals surface area contributed by atoms with Gasteiger partial charge in [0.15, 0.2) is 23.0 Å². The van der Waals surface area contributed by atoms with Gasteiger partial charge in [0.2, 0.25) is 0 Å².